The van der Waals surface area contributed by atoms with Gasteiger partial charge < -0.3 is 14.4 Å². The van der Waals surface area contributed by atoms with Gasteiger partial charge in [-0.1, -0.05) is 18.2 Å². The van der Waals surface area contributed by atoms with Crippen LogP contribution in [0.4, 0.5) is 20.6 Å². The molecular formula is C29H28FN3O5S3. The SMILES string of the molecule is O=C(Oc1cccs1)N(CC1C2CN(S(=O)(=O)c3cc4ccccc4s3)CC12)c1ccc(N2CCOCC2)c(F)c1. The number of thiophene rings is 2. The molecule has 3 fully saturated rings. The highest BCUT2D eigenvalue weighted by atomic mass is 32.2. The summed E-state index contributed by atoms with van der Waals surface area (Å²) in [6.07, 6.45) is -0.578. The molecule has 1 amide bonds. The molecule has 214 valence electrons. The van der Waals surface area contributed by atoms with Crippen molar-refractivity contribution in [3.05, 3.63) is 71.9 Å². The largest absolute Gasteiger partial charge is 0.420 e. The molecular weight excluding hydrogens is 586 g/mol. The van der Waals surface area contributed by atoms with Crippen LogP contribution in [0, 0.1) is 23.6 Å². The van der Waals surface area contributed by atoms with Gasteiger partial charge in [-0.05, 0) is 71.0 Å². The number of anilines is 2. The molecule has 1 saturated carbocycles. The minimum Gasteiger partial charge on any atom is -0.399 e. The first kappa shape index (κ1) is 26.8. The maximum absolute atomic E-state index is 15.3. The van der Waals surface area contributed by atoms with E-state index in [2.05, 4.69) is 0 Å². The van der Waals surface area contributed by atoms with E-state index >= 15 is 4.39 Å². The van der Waals surface area contributed by atoms with Gasteiger partial charge in [-0.25, -0.2) is 17.6 Å². The molecule has 8 nitrogen and oxygen atoms in total. The Morgan fingerprint density at radius 3 is 2.54 bits per heavy atom. The van der Waals surface area contributed by atoms with Crippen molar-refractivity contribution < 1.29 is 27.1 Å². The summed E-state index contributed by atoms with van der Waals surface area (Å²) in [5.41, 5.74) is 0.898. The van der Waals surface area contributed by atoms with Gasteiger partial charge >= 0.3 is 6.09 Å². The van der Waals surface area contributed by atoms with Crippen molar-refractivity contribution >= 4 is 60.3 Å². The van der Waals surface area contributed by atoms with E-state index in [0.717, 1.165) is 10.1 Å². The molecule has 4 heterocycles. The average Bonchev–Trinajstić information content (AvgIpc) is 3.48. The smallest absolute Gasteiger partial charge is 0.399 e. The van der Waals surface area contributed by atoms with Gasteiger partial charge in [0.15, 0.2) is 5.06 Å². The second-order valence-electron chi connectivity index (χ2n) is 10.6. The van der Waals surface area contributed by atoms with Crippen LogP contribution in [0.1, 0.15) is 0 Å². The highest BCUT2D eigenvalue weighted by Crippen LogP contribution is 2.54. The molecule has 2 aromatic heterocycles. The van der Waals surface area contributed by atoms with Crippen molar-refractivity contribution in [3.63, 3.8) is 0 Å². The second-order valence-corrected chi connectivity index (χ2v) is 14.7. The Morgan fingerprint density at radius 2 is 1.83 bits per heavy atom. The molecule has 4 aromatic rings. The number of piperidine rings is 1. The number of morpholine rings is 1. The fraction of sp³-hybridized carbons (Fsp3) is 0.345. The lowest BCUT2D eigenvalue weighted by Crippen LogP contribution is -2.38. The van der Waals surface area contributed by atoms with Gasteiger partial charge in [0.1, 0.15) is 10.0 Å². The summed E-state index contributed by atoms with van der Waals surface area (Å²) < 4.78 is 56.0. The van der Waals surface area contributed by atoms with E-state index in [-0.39, 0.29) is 17.8 Å². The summed E-state index contributed by atoms with van der Waals surface area (Å²) in [4.78, 5) is 16.8. The molecule has 3 aliphatic rings. The van der Waals surface area contributed by atoms with Crippen LogP contribution < -0.4 is 14.5 Å². The monoisotopic (exact) mass is 613 g/mol. The number of amides is 1. The van der Waals surface area contributed by atoms with Gasteiger partial charge in [-0.2, -0.15) is 4.31 Å². The van der Waals surface area contributed by atoms with Crippen molar-refractivity contribution in [2.75, 3.05) is 55.7 Å². The minimum absolute atomic E-state index is 0.0988. The van der Waals surface area contributed by atoms with Crippen LogP contribution >= 0.6 is 22.7 Å². The highest BCUT2D eigenvalue weighted by molar-refractivity contribution is 7.91. The van der Waals surface area contributed by atoms with Crippen molar-refractivity contribution in [2.24, 2.45) is 17.8 Å². The number of hydrogen-bond acceptors (Lipinski definition) is 8. The molecule has 7 rings (SSSR count). The molecule has 2 atom stereocenters. The van der Waals surface area contributed by atoms with Crippen LogP contribution in [-0.2, 0) is 14.8 Å². The number of carbonyl (C=O) groups is 1. The quantitative estimate of drug-likeness (QED) is 0.274. The first-order valence-electron chi connectivity index (χ1n) is 13.5. The topological polar surface area (TPSA) is 79.4 Å². The first-order chi connectivity index (χ1) is 19.9. The molecule has 0 N–H and O–H groups in total. The summed E-state index contributed by atoms with van der Waals surface area (Å²) in [6.45, 7) is 3.43. The van der Waals surface area contributed by atoms with Crippen LogP contribution in [-0.4, -0.2) is 64.8 Å². The molecule has 2 aliphatic heterocycles. The van der Waals surface area contributed by atoms with Gasteiger partial charge in [0.2, 0.25) is 0 Å². The van der Waals surface area contributed by atoms with Crippen LogP contribution in [0.2, 0.25) is 0 Å². The standard InChI is InChI=1S/C29H28FN3O5S3/c30-24-15-20(7-8-25(24)31-9-11-37-12-10-31)33(29(34)38-27-6-3-13-39-27)18-23-21-16-32(17-22(21)23)41(35,36)28-14-19-4-1-2-5-26(19)40-28/h1-8,13-15,21-23H,9-12,16-18H2. The highest BCUT2D eigenvalue weighted by Gasteiger charge is 2.58. The van der Waals surface area contributed by atoms with E-state index in [9.17, 15) is 13.2 Å². The predicted molar refractivity (Wildman–Crippen MR) is 158 cm³/mol. The molecule has 0 bridgehead atoms. The molecule has 12 heteroatoms. The Hall–Kier alpha value is -3.03. The summed E-state index contributed by atoms with van der Waals surface area (Å²) in [5, 5.41) is 3.20. The number of sulfonamides is 1. The minimum atomic E-state index is -3.59. The maximum Gasteiger partial charge on any atom is 0.420 e. The number of halogens is 1. The molecule has 1 aliphatic carbocycles. The van der Waals surface area contributed by atoms with Gasteiger partial charge in [0, 0.05) is 37.4 Å². The number of rotatable bonds is 7. The van der Waals surface area contributed by atoms with Gasteiger partial charge in [0.05, 0.1) is 24.6 Å². The van der Waals surface area contributed by atoms with E-state index < -0.39 is 21.9 Å². The van der Waals surface area contributed by atoms with Crippen molar-refractivity contribution in [3.8, 4) is 5.06 Å². The summed E-state index contributed by atoms with van der Waals surface area (Å²) in [5.74, 6) is -0.0426. The van der Waals surface area contributed by atoms with Gasteiger partial charge in [0.25, 0.3) is 10.0 Å². The fourth-order valence-corrected chi connectivity index (χ4v) is 9.61. The molecule has 0 radical (unpaired) electrons. The second kappa shape index (κ2) is 10.7. The van der Waals surface area contributed by atoms with Crippen molar-refractivity contribution in [1.29, 1.82) is 0 Å². The molecule has 41 heavy (non-hydrogen) atoms. The lowest BCUT2D eigenvalue weighted by atomic mass is 10.2. The normalized spacial score (nSPS) is 22.6. The van der Waals surface area contributed by atoms with Gasteiger partial charge in [-0.15, -0.1) is 22.7 Å². The van der Waals surface area contributed by atoms with Crippen LogP contribution in [0.25, 0.3) is 10.1 Å². The van der Waals surface area contributed by atoms with Crippen LogP contribution in [0.5, 0.6) is 5.06 Å². The third kappa shape index (κ3) is 5.12. The Morgan fingerprint density at radius 1 is 1.05 bits per heavy atom. The maximum atomic E-state index is 15.3. The lowest BCUT2D eigenvalue weighted by molar-refractivity contribution is 0.122. The Balaban J connectivity index is 1.08. The number of benzene rings is 2. The Labute approximate surface area is 245 Å². The average molecular weight is 614 g/mol. The zero-order valence-electron chi connectivity index (χ0n) is 22.0. The fourth-order valence-electron chi connectivity index (χ4n) is 5.97. The zero-order valence-corrected chi connectivity index (χ0v) is 24.5. The lowest BCUT2D eigenvalue weighted by Gasteiger charge is -2.30. The van der Waals surface area contributed by atoms with E-state index in [1.165, 1.54) is 33.6 Å². The summed E-state index contributed by atoms with van der Waals surface area (Å²) in [7, 11) is -3.59. The first-order valence-corrected chi connectivity index (χ1v) is 16.7. The van der Waals surface area contributed by atoms with E-state index in [4.69, 9.17) is 9.47 Å². The summed E-state index contributed by atoms with van der Waals surface area (Å²) >= 11 is 2.60. The zero-order chi connectivity index (χ0) is 28.1. The van der Waals surface area contributed by atoms with E-state index in [1.807, 2.05) is 34.5 Å². The van der Waals surface area contributed by atoms with E-state index in [0.29, 0.717) is 66.6 Å². The molecule has 2 saturated heterocycles. The third-order valence-electron chi connectivity index (χ3n) is 8.23. The van der Waals surface area contributed by atoms with E-state index in [1.54, 1.807) is 34.6 Å². The van der Waals surface area contributed by atoms with Crippen molar-refractivity contribution in [1.82, 2.24) is 4.31 Å². The molecule has 0 spiro atoms. The van der Waals surface area contributed by atoms with Crippen LogP contribution in [0.3, 0.4) is 0 Å². The number of carbonyl (C=O) groups excluding carboxylic acids is 1. The third-order valence-corrected chi connectivity index (χ3v) is 12.4. The van der Waals surface area contributed by atoms with Crippen LogP contribution in [0.15, 0.2) is 70.3 Å². The Bertz CT molecular complexity index is 1640. The Kier molecular flexibility index (Phi) is 6.98. The molecule has 2 aromatic carbocycles. The number of hydrogen-bond donors (Lipinski definition) is 0. The van der Waals surface area contributed by atoms with Gasteiger partial charge in [-0.3, -0.25) is 4.90 Å². The summed E-state index contributed by atoms with van der Waals surface area (Å²) in [6, 6.07) is 17.7. The number of nitrogens with zero attached hydrogens (tertiary/aromatic N) is 3. The molecule has 2 unspecified atom stereocenters. The predicted octanol–water partition coefficient (Wildman–Crippen LogP) is 5.51. The van der Waals surface area contributed by atoms with Crippen molar-refractivity contribution in [2.45, 2.75) is 4.21 Å². The number of ether oxygens (including phenoxy) is 2. The number of fused-ring (bicyclic) bond motifs is 2.